The van der Waals surface area contributed by atoms with Crippen molar-refractivity contribution in [1.29, 1.82) is 0 Å². The number of nitrogens with one attached hydrogen (secondary N) is 1. The lowest BCUT2D eigenvalue weighted by molar-refractivity contribution is 0.0700. The third-order valence-electron chi connectivity index (χ3n) is 3.86. The minimum atomic E-state index is -3.26. The van der Waals surface area contributed by atoms with E-state index in [9.17, 15) is 13.2 Å². The van der Waals surface area contributed by atoms with Crippen molar-refractivity contribution in [2.24, 2.45) is 0 Å². The number of carbonyl (C=O) groups excluding carboxylic acids is 1. The van der Waals surface area contributed by atoms with Crippen molar-refractivity contribution in [3.8, 4) is 0 Å². The first-order valence-corrected chi connectivity index (χ1v) is 8.91. The van der Waals surface area contributed by atoms with E-state index in [0.717, 1.165) is 30.4 Å². The van der Waals surface area contributed by atoms with Gasteiger partial charge in [-0.3, -0.25) is 4.79 Å². The first-order chi connectivity index (χ1) is 9.69. The fourth-order valence-corrected chi connectivity index (χ4v) is 3.62. The molecule has 0 radical (unpaired) electrons. The topological polar surface area (TPSA) is 79.6 Å². The smallest absolute Gasteiger partial charge is 0.257 e. The van der Waals surface area contributed by atoms with Crippen molar-refractivity contribution >= 4 is 15.9 Å². The summed E-state index contributed by atoms with van der Waals surface area (Å²) in [6.07, 6.45) is 2.68. The lowest BCUT2D eigenvalue weighted by atomic mass is 10.0. The van der Waals surface area contributed by atoms with E-state index < -0.39 is 10.0 Å². The zero-order valence-corrected chi connectivity index (χ0v) is 13.7. The van der Waals surface area contributed by atoms with Gasteiger partial charge in [0.05, 0.1) is 11.8 Å². The second kappa shape index (κ2) is 5.81. The third-order valence-corrected chi connectivity index (χ3v) is 4.63. The largest absolute Gasteiger partial charge is 0.466 e. The predicted octanol–water partition coefficient (Wildman–Crippen LogP) is 1.36. The van der Waals surface area contributed by atoms with Crippen molar-refractivity contribution in [1.82, 2.24) is 9.62 Å². The average Bonchev–Trinajstić information content (AvgIpc) is 2.61. The summed E-state index contributed by atoms with van der Waals surface area (Å²) in [5.74, 6) is 1.29. The minimum Gasteiger partial charge on any atom is -0.466 e. The summed E-state index contributed by atoms with van der Waals surface area (Å²) in [6.45, 7) is 6.53. The van der Waals surface area contributed by atoms with Gasteiger partial charge >= 0.3 is 0 Å². The van der Waals surface area contributed by atoms with Crippen molar-refractivity contribution in [3.05, 3.63) is 22.6 Å². The predicted molar refractivity (Wildman–Crippen MR) is 79.8 cm³/mol. The standard InChI is InChI=1S/C14H22N2O4S/c1-9-10(2)20-11(3)13(9)14(17)16-7-5-6-12(8-16)15-21(4,18)19/h12,15H,5-8H2,1-4H3/t12-/m1/s1. The molecule has 1 aromatic heterocycles. The van der Waals surface area contributed by atoms with Crippen LogP contribution in [0, 0.1) is 20.8 Å². The van der Waals surface area contributed by atoms with E-state index in [1.807, 2.05) is 13.8 Å². The molecule has 1 fully saturated rings. The molecule has 2 rings (SSSR count). The van der Waals surface area contributed by atoms with E-state index >= 15 is 0 Å². The molecule has 1 N–H and O–H groups in total. The van der Waals surface area contributed by atoms with Crippen LogP contribution >= 0.6 is 0 Å². The number of hydrogen-bond acceptors (Lipinski definition) is 4. The molecular weight excluding hydrogens is 292 g/mol. The van der Waals surface area contributed by atoms with Gasteiger partial charge in [-0.15, -0.1) is 0 Å². The highest BCUT2D eigenvalue weighted by Gasteiger charge is 2.29. The molecule has 1 aliphatic heterocycles. The Hall–Kier alpha value is -1.34. The molecule has 1 atom stereocenters. The Morgan fingerprint density at radius 2 is 1.95 bits per heavy atom. The van der Waals surface area contributed by atoms with Gasteiger partial charge in [0.25, 0.3) is 5.91 Å². The minimum absolute atomic E-state index is 0.0816. The lowest BCUT2D eigenvalue weighted by Crippen LogP contribution is -2.49. The molecule has 0 unspecified atom stereocenters. The Morgan fingerprint density at radius 3 is 2.48 bits per heavy atom. The van der Waals surface area contributed by atoms with Gasteiger partial charge in [0.15, 0.2) is 0 Å². The van der Waals surface area contributed by atoms with Gasteiger partial charge in [0.2, 0.25) is 10.0 Å². The summed E-state index contributed by atoms with van der Waals surface area (Å²) >= 11 is 0. The maximum absolute atomic E-state index is 12.7. The first kappa shape index (κ1) is 16.0. The molecular formula is C14H22N2O4S. The van der Waals surface area contributed by atoms with E-state index in [1.54, 1.807) is 11.8 Å². The van der Waals surface area contributed by atoms with Gasteiger partial charge in [-0.05, 0) is 33.6 Å². The second-order valence-electron chi connectivity index (χ2n) is 5.69. The molecule has 1 amide bonds. The quantitative estimate of drug-likeness (QED) is 0.913. The monoisotopic (exact) mass is 314 g/mol. The van der Waals surface area contributed by atoms with Crippen LogP contribution in [0.3, 0.4) is 0 Å². The van der Waals surface area contributed by atoms with Gasteiger partial charge < -0.3 is 9.32 Å². The number of amides is 1. The second-order valence-corrected chi connectivity index (χ2v) is 7.47. The van der Waals surface area contributed by atoms with E-state index in [0.29, 0.717) is 24.4 Å². The highest BCUT2D eigenvalue weighted by atomic mass is 32.2. The Labute approximate surface area is 125 Å². The summed E-state index contributed by atoms with van der Waals surface area (Å²) in [5, 5.41) is 0. The van der Waals surface area contributed by atoms with Gasteiger partial charge in [0, 0.05) is 24.7 Å². The van der Waals surface area contributed by atoms with Crippen LogP contribution in [-0.2, 0) is 10.0 Å². The summed E-state index contributed by atoms with van der Waals surface area (Å²) in [4.78, 5) is 14.4. The average molecular weight is 314 g/mol. The molecule has 6 nitrogen and oxygen atoms in total. The molecule has 0 spiro atoms. The molecule has 1 aromatic rings. The molecule has 2 heterocycles. The summed E-state index contributed by atoms with van der Waals surface area (Å²) in [6, 6.07) is -0.216. The van der Waals surface area contributed by atoms with Gasteiger partial charge in [-0.25, -0.2) is 13.1 Å². The fourth-order valence-electron chi connectivity index (χ4n) is 2.83. The van der Waals surface area contributed by atoms with Crippen molar-refractivity contribution in [2.75, 3.05) is 19.3 Å². The van der Waals surface area contributed by atoms with Crippen molar-refractivity contribution < 1.29 is 17.6 Å². The van der Waals surface area contributed by atoms with E-state index in [-0.39, 0.29) is 11.9 Å². The van der Waals surface area contributed by atoms with Gasteiger partial charge in [-0.2, -0.15) is 0 Å². The maximum Gasteiger partial charge on any atom is 0.257 e. The van der Waals surface area contributed by atoms with Crippen LogP contribution in [0.4, 0.5) is 0 Å². The summed E-state index contributed by atoms with van der Waals surface area (Å²) < 4.78 is 30.7. The van der Waals surface area contributed by atoms with Crippen molar-refractivity contribution in [3.63, 3.8) is 0 Å². The molecule has 0 bridgehead atoms. The van der Waals surface area contributed by atoms with Crippen LogP contribution in [0.2, 0.25) is 0 Å². The lowest BCUT2D eigenvalue weighted by Gasteiger charge is -2.32. The normalized spacial score (nSPS) is 19.8. The molecule has 118 valence electrons. The molecule has 1 aliphatic rings. The SMILES string of the molecule is Cc1oc(C)c(C(=O)N2CCC[C@@H](NS(C)(=O)=O)C2)c1C. The van der Waals surface area contributed by atoms with Crippen molar-refractivity contribution in [2.45, 2.75) is 39.7 Å². The van der Waals surface area contributed by atoms with Crippen LogP contribution in [-0.4, -0.2) is 44.6 Å². The number of carbonyl (C=O) groups is 1. The number of nitrogens with zero attached hydrogens (tertiary/aromatic N) is 1. The van der Waals surface area contributed by atoms with Crippen LogP contribution in [0.25, 0.3) is 0 Å². The van der Waals surface area contributed by atoms with Crippen LogP contribution < -0.4 is 4.72 Å². The van der Waals surface area contributed by atoms with Crippen LogP contribution in [0.5, 0.6) is 0 Å². The number of aryl methyl sites for hydroxylation is 2. The Morgan fingerprint density at radius 1 is 1.29 bits per heavy atom. The molecule has 21 heavy (non-hydrogen) atoms. The third kappa shape index (κ3) is 3.65. The zero-order chi connectivity index (χ0) is 15.8. The maximum atomic E-state index is 12.7. The number of rotatable bonds is 3. The highest BCUT2D eigenvalue weighted by molar-refractivity contribution is 7.88. The molecule has 0 aliphatic carbocycles. The zero-order valence-electron chi connectivity index (χ0n) is 12.9. The highest BCUT2D eigenvalue weighted by Crippen LogP contribution is 2.24. The number of furan rings is 1. The van der Waals surface area contributed by atoms with Gasteiger partial charge in [-0.1, -0.05) is 0 Å². The van der Waals surface area contributed by atoms with E-state index in [4.69, 9.17) is 4.42 Å². The van der Waals surface area contributed by atoms with E-state index in [1.165, 1.54) is 0 Å². The number of sulfonamides is 1. The Balaban J connectivity index is 2.16. The summed E-state index contributed by atoms with van der Waals surface area (Å²) in [7, 11) is -3.26. The van der Waals surface area contributed by atoms with Gasteiger partial charge in [0.1, 0.15) is 11.5 Å². The molecule has 0 aromatic carbocycles. The summed E-state index contributed by atoms with van der Waals surface area (Å²) in [5.41, 5.74) is 1.46. The molecule has 0 saturated carbocycles. The molecule has 1 saturated heterocycles. The first-order valence-electron chi connectivity index (χ1n) is 7.02. The Kier molecular flexibility index (Phi) is 4.43. The van der Waals surface area contributed by atoms with Crippen LogP contribution in [0.15, 0.2) is 4.42 Å². The number of hydrogen-bond donors (Lipinski definition) is 1. The van der Waals surface area contributed by atoms with E-state index in [2.05, 4.69) is 4.72 Å². The number of likely N-dealkylation sites (tertiary alicyclic amines) is 1. The Bertz CT molecular complexity index is 648. The van der Waals surface area contributed by atoms with Crippen LogP contribution in [0.1, 0.15) is 40.3 Å². The fraction of sp³-hybridized carbons (Fsp3) is 0.643. The molecule has 7 heteroatoms. The number of piperidine rings is 1.